The van der Waals surface area contributed by atoms with Crippen LogP contribution in [0.3, 0.4) is 0 Å². The average molecular weight is 482 g/mol. The minimum Gasteiger partial charge on any atom is -0.497 e. The van der Waals surface area contributed by atoms with Crippen molar-refractivity contribution in [2.45, 2.75) is 11.4 Å². The number of aryl methyl sites for hydroxylation is 1. The molecule has 7 nitrogen and oxygen atoms in total. The van der Waals surface area contributed by atoms with Crippen molar-refractivity contribution in [2.24, 2.45) is 12.0 Å². The van der Waals surface area contributed by atoms with Gasteiger partial charge in [0, 0.05) is 26.2 Å². The molecule has 1 amide bonds. The maximum Gasteiger partial charge on any atom is 0.279 e. The molecule has 0 spiro atoms. The van der Waals surface area contributed by atoms with Gasteiger partial charge in [-0.2, -0.15) is 9.30 Å². The largest absolute Gasteiger partial charge is 0.497 e. The summed E-state index contributed by atoms with van der Waals surface area (Å²) < 4.78 is 35.2. The number of methoxy groups -OCH3 is 1. The number of thiazole rings is 1. The van der Waals surface area contributed by atoms with E-state index in [9.17, 15) is 13.2 Å². The number of carbonyl (C=O) groups excluding carboxylic acids is 1. The van der Waals surface area contributed by atoms with E-state index in [1.165, 1.54) is 47.0 Å². The molecule has 3 aromatic carbocycles. The summed E-state index contributed by atoms with van der Waals surface area (Å²) in [4.78, 5) is 17.7. The van der Waals surface area contributed by atoms with E-state index < -0.39 is 15.9 Å². The zero-order chi connectivity index (χ0) is 23.6. The minimum atomic E-state index is -3.69. The Bertz CT molecular complexity index is 1470. The van der Waals surface area contributed by atoms with Crippen molar-refractivity contribution in [3.8, 4) is 5.75 Å². The topological polar surface area (TPSA) is 81.0 Å². The van der Waals surface area contributed by atoms with Crippen molar-refractivity contribution in [3.63, 3.8) is 0 Å². The van der Waals surface area contributed by atoms with Gasteiger partial charge in [-0.25, -0.2) is 8.42 Å². The van der Waals surface area contributed by atoms with Crippen LogP contribution in [0.5, 0.6) is 5.75 Å². The number of aromatic nitrogens is 1. The second kappa shape index (κ2) is 9.30. The third-order valence-electron chi connectivity index (χ3n) is 5.27. The molecule has 170 valence electrons. The monoisotopic (exact) mass is 481 g/mol. The molecule has 0 saturated carbocycles. The standard InChI is InChI=1S/C24H23N3O4S2/c1-26(16-17-7-5-4-6-8-17)33(29,30)20-12-9-18(10-13-20)23(28)25-24-27(2)21-14-11-19(31-3)15-22(21)32-24/h4-15H,16H2,1-3H3. The van der Waals surface area contributed by atoms with Gasteiger partial charge in [-0.15, -0.1) is 0 Å². The summed E-state index contributed by atoms with van der Waals surface area (Å²) in [5, 5.41) is 0. The van der Waals surface area contributed by atoms with Crippen LogP contribution in [0.15, 0.2) is 82.7 Å². The van der Waals surface area contributed by atoms with Crippen molar-refractivity contribution < 1.29 is 17.9 Å². The Labute approximate surface area is 196 Å². The van der Waals surface area contributed by atoms with Crippen LogP contribution < -0.4 is 9.54 Å². The molecule has 0 aliphatic heterocycles. The highest BCUT2D eigenvalue weighted by Gasteiger charge is 2.21. The second-order valence-corrected chi connectivity index (χ2v) is 10.5. The normalized spacial score (nSPS) is 12.4. The van der Waals surface area contributed by atoms with Crippen LogP contribution in [0.4, 0.5) is 0 Å². The molecule has 0 atom stereocenters. The maximum absolute atomic E-state index is 12.9. The molecule has 0 unspecified atom stereocenters. The first-order valence-electron chi connectivity index (χ1n) is 10.1. The van der Waals surface area contributed by atoms with Gasteiger partial charge in [0.25, 0.3) is 5.91 Å². The Morgan fingerprint density at radius 1 is 1.06 bits per heavy atom. The molecule has 1 aromatic heterocycles. The van der Waals surface area contributed by atoms with Gasteiger partial charge in [0.2, 0.25) is 10.0 Å². The fourth-order valence-corrected chi connectivity index (χ4v) is 5.58. The van der Waals surface area contributed by atoms with Crippen LogP contribution in [-0.4, -0.2) is 37.4 Å². The fourth-order valence-electron chi connectivity index (χ4n) is 3.37. The van der Waals surface area contributed by atoms with Crippen molar-refractivity contribution in [2.75, 3.05) is 14.2 Å². The molecule has 0 fully saturated rings. The molecule has 1 heterocycles. The lowest BCUT2D eigenvalue weighted by atomic mass is 10.2. The van der Waals surface area contributed by atoms with Crippen molar-refractivity contribution in [1.29, 1.82) is 0 Å². The highest BCUT2D eigenvalue weighted by Crippen LogP contribution is 2.23. The Kier molecular flexibility index (Phi) is 6.46. The molecule has 0 radical (unpaired) electrons. The van der Waals surface area contributed by atoms with Crippen molar-refractivity contribution >= 4 is 37.5 Å². The van der Waals surface area contributed by atoms with Gasteiger partial charge in [-0.3, -0.25) is 4.79 Å². The van der Waals surface area contributed by atoms with E-state index in [0.717, 1.165) is 21.5 Å². The molecule has 33 heavy (non-hydrogen) atoms. The number of benzene rings is 3. The highest BCUT2D eigenvalue weighted by atomic mass is 32.2. The molecule has 4 rings (SSSR count). The third kappa shape index (κ3) is 4.75. The summed E-state index contributed by atoms with van der Waals surface area (Å²) in [5.41, 5.74) is 2.15. The molecule has 0 saturated heterocycles. The quantitative estimate of drug-likeness (QED) is 0.419. The molecule has 9 heteroatoms. The molecule has 0 N–H and O–H groups in total. The van der Waals surface area contributed by atoms with Gasteiger partial charge in [-0.1, -0.05) is 41.7 Å². The SMILES string of the molecule is COc1ccc2c(c1)sc(=NC(=O)c1ccc(S(=O)(=O)N(C)Cc3ccccc3)cc1)n2C. The van der Waals surface area contributed by atoms with Gasteiger partial charge in [-0.05, 0) is 48.0 Å². The summed E-state index contributed by atoms with van der Waals surface area (Å²) in [6.45, 7) is 0.256. The summed E-state index contributed by atoms with van der Waals surface area (Å²) in [6.07, 6.45) is 0. The molecule has 0 bridgehead atoms. The van der Waals surface area contributed by atoms with Gasteiger partial charge in [0.1, 0.15) is 5.75 Å². The van der Waals surface area contributed by atoms with Gasteiger partial charge >= 0.3 is 0 Å². The Morgan fingerprint density at radius 2 is 1.76 bits per heavy atom. The Morgan fingerprint density at radius 3 is 2.42 bits per heavy atom. The van der Waals surface area contributed by atoms with Crippen LogP contribution in [0.1, 0.15) is 15.9 Å². The number of hydrogen-bond donors (Lipinski definition) is 0. The number of ether oxygens (including phenoxy) is 1. The lowest BCUT2D eigenvalue weighted by molar-refractivity contribution is 0.0998. The van der Waals surface area contributed by atoms with Gasteiger partial charge in [0.05, 0.1) is 22.2 Å². The minimum absolute atomic E-state index is 0.122. The van der Waals surface area contributed by atoms with Crippen LogP contribution in [0.2, 0.25) is 0 Å². The highest BCUT2D eigenvalue weighted by molar-refractivity contribution is 7.89. The van der Waals surface area contributed by atoms with Crippen LogP contribution in [0, 0.1) is 0 Å². The van der Waals surface area contributed by atoms with E-state index in [2.05, 4.69) is 4.99 Å². The maximum atomic E-state index is 12.9. The first-order valence-corrected chi connectivity index (χ1v) is 12.4. The fraction of sp³-hybridized carbons (Fsp3) is 0.167. The van der Waals surface area contributed by atoms with Crippen molar-refractivity contribution in [3.05, 3.63) is 88.7 Å². The van der Waals surface area contributed by atoms with E-state index in [-0.39, 0.29) is 11.4 Å². The number of rotatable bonds is 6. The number of sulfonamides is 1. The average Bonchev–Trinajstić information content (AvgIpc) is 3.13. The predicted octanol–water partition coefficient (Wildman–Crippen LogP) is 3.81. The first kappa shape index (κ1) is 22.9. The zero-order valence-electron chi connectivity index (χ0n) is 18.4. The second-order valence-electron chi connectivity index (χ2n) is 7.47. The van der Waals surface area contributed by atoms with Crippen LogP contribution in [-0.2, 0) is 23.6 Å². The van der Waals surface area contributed by atoms with Crippen molar-refractivity contribution in [1.82, 2.24) is 8.87 Å². The number of amides is 1. The Balaban J connectivity index is 1.57. The number of fused-ring (bicyclic) bond motifs is 1. The zero-order valence-corrected chi connectivity index (χ0v) is 20.1. The summed E-state index contributed by atoms with van der Waals surface area (Å²) in [5.74, 6) is 0.293. The summed E-state index contributed by atoms with van der Waals surface area (Å²) in [7, 11) is 1.29. The molecule has 4 aromatic rings. The van der Waals surface area contributed by atoms with Crippen LogP contribution >= 0.6 is 11.3 Å². The van der Waals surface area contributed by atoms with Gasteiger partial charge < -0.3 is 9.30 Å². The molecule has 0 aliphatic carbocycles. The summed E-state index contributed by atoms with van der Waals surface area (Å²) in [6, 6.07) is 20.9. The van der Waals surface area contributed by atoms with E-state index in [1.54, 1.807) is 7.11 Å². The lowest BCUT2D eigenvalue weighted by Crippen LogP contribution is -2.26. The third-order valence-corrected chi connectivity index (χ3v) is 8.18. The molecular weight excluding hydrogens is 458 g/mol. The first-order chi connectivity index (χ1) is 15.8. The number of nitrogens with zero attached hydrogens (tertiary/aromatic N) is 3. The number of carbonyl (C=O) groups is 1. The smallest absolute Gasteiger partial charge is 0.279 e. The molecular formula is C24H23N3O4S2. The van der Waals surface area contributed by atoms with E-state index in [0.29, 0.717) is 10.4 Å². The van der Waals surface area contributed by atoms with Crippen LogP contribution in [0.25, 0.3) is 10.2 Å². The predicted molar refractivity (Wildman–Crippen MR) is 129 cm³/mol. The number of hydrogen-bond acceptors (Lipinski definition) is 5. The molecule has 0 aliphatic rings. The van der Waals surface area contributed by atoms with E-state index in [4.69, 9.17) is 4.74 Å². The lowest BCUT2D eigenvalue weighted by Gasteiger charge is -2.17. The summed E-state index contributed by atoms with van der Waals surface area (Å²) >= 11 is 1.38. The van der Waals surface area contributed by atoms with E-state index >= 15 is 0 Å². The Hall–Kier alpha value is -3.27. The van der Waals surface area contributed by atoms with Gasteiger partial charge in [0.15, 0.2) is 4.80 Å². The van der Waals surface area contributed by atoms with E-state index in [1.807, 2.05) is 60.1 Å².